The van der Waals surface area contributed by atoms with Gasteiger partial charge in [-0.15, -0.1) is 0 Å². The molecule has 0 N–H and O–H groups in total. The standard InChI is InChI=1S/C17H18ClNO4/c1-20-14-6-4-5-12(7-14)11-23-19-10-13-8-15(18)17(22-3)16(9-13)21-2/h4-10H,11H2,1-3H3/b19-10-. The van der Waals surface area contributed by atoms with Gasteiger partial charge in [0.25, 0.3) is 0 Å². The number of methoxy groups -OCH3 is 3. The first-order valence-electron chi connectivity index (χ1n) is 6.87. The van der Waals surface area contributed by atoms with Gasteiger partial charge in [-0.2, -0.15) is 0 Å². The maximum atomic E-state index is 6.13. The molecule has 0 aliphatic rings. The van der Waals surface area contributed by atoms with Gasteiger partial charge in [0.1, 0.15) is 12.4 Å². The van der Waals surface area contributed by atoms with Crippen LogP contribution in [0.5, 0.6) is 17.2 Å². The molecule has 0 spiro atoms. The van der Waals surface area contributed by atoms with E-state index in [4.69, 9.17) is 30.6 Å². The monoisotopic (exact) mass is 335 g/mol. The Labute approximate surface area is 140 Å². The summed E-state index contributed by atoms with van der Waals surface area (Å²) in [7, 11) is 4.71. The normalized spacial score (nSPS) is 10.6. The Morgan fingerprint density at radius 2 is 1.87 bits per heavy atom. The minimum absolute atomic E-state index is 0.342. The lowest BCUT2D eigenvalue weighted by Crippen LogP contribution is -1.94. The summed E-state index contributed by atoms with van der Waals surface area (Å²) in [5.41, 5.74) is 1.71. The van der Waals surface area contributed by atoms with Crippen molar-refractivity contribution < 1.29 is 19.0 Å². The summed E-state index contributed by atoms with van der Waals surface area (Å²) in [5, 5.41) is 4.39. The van der Waals surface area contributed by atoms with Crippen molar-refractivity contribution in [1.82, 2.24) is 0 Å². The molecule has 0 amide bonds. The minimum atomic E-state index is 0.342. The molecule has 6 heteroatoms. The van der Waals surface area contributed by atoms with Crippen LogP contribution in [0.2, 0.25) is 5.02 Å². The quantitative estimate of drug-likeness (QED) is 0.568. The Morgan fingerprint density at radius 3 is 2.57 bits per heavy atom. The van der Waals surface area contributed by atoms with Gasteiger partial charge in [-0.1, -0.05) is 28.9 Å². The van der Waals surface area contributed by atoms with Gasteiger partial charge < -0.3 is 19.0 Å². The third-order valence-corrected chi connectivity index (χ3v) is 3.38. The van der Waals surface area contributed by atoms with Crippen molar-refractivity contribution in [2.24, 2.45) is 5.16 Å². The molecule has 0 aromatic heterocycles. The maximum absolute atomic E-state index is 6.13. The van der Waals surface area contributed by atoms with Crippen molar-refractivity contribution in [2.45, 2.75) is 6.61 Å². The van der Waals surface area contributed by atoms with Crippen LogP contribution < -0.4 is 14.2 Å². The van der Waals surface area contributed by atoms with Crippen molar-refractivity contribution in [3.8, 4) is 17.2 Å². The number of ether oxygens (including phenoxy) is 3. The fourth-order valence-corrected chi connectivity index (χ4v) is 2.28. The average Bonchev–Trinajstić information content (AvgIpc) is 2.58. The number of halogens is 1. The summed E-state index contributed by atoms with van der Waals surface area (Å²) in [4.78, 5) is 5.29. The van der Waals surface area contributed by atoms with E-state index in [9.17, 15) is 0 Å². The third kappa shape index (κ3) is 4.53. The number of benzene rings is 2. The predicted octanol–water partition coefficient (Wildman–Crippen LogP) is 3.92. The predicted molar refractivity (Wildman–Crippen MR) is 89.9 cm³/mol. The largest absolute Gasteiger partial charge is 0.497 e. The molecule has 2 aromatic rings. The fraction of sp³-hybridized carbons (Fsp3) is 0.235. The molecule has 0 aliphatic carbocycles. The molecular formula is C17H18ClNO4. The highest BCUT2D eigenvalue weighted by atomic mass is 35.5. The van der Waals surface area contributed by atoms with Crippen molar-refractivity contribution in [3.63, 3.8) is 0 Å². The van der Waals surface area contributed by atoms with Crippen LogP contribution in [0.1, 0.15) is 11.1 Å². The molecule has 0 saturated carbocycles. The molecule has 2 aromatic carbocycles. The van der Waals surface area contributed by atoms with Crippen LogP contribution in [0.4, 0.5) is 0 Å². The number of hydrogen-bond donors (Lipinski definition) is 0. The Morgan fingerprint density at radius 1 is 1.04 bits per heavy atom. The Hall–Kier alpha value is -2.40. The van der Waals surface area contributed by atoms with E-state index in [-0.39, 0.29) is 0 Å². The summed E-state index contributed by atoms with van der Waals surface area (Å²) in [6.45, 7) is 0.342. The lowest BCUT2D eigenvalue weighted by Gasteiger charge is -2.09. The fourth-order valence-electron chi connectivity index (χ4n) is 1.98. The SMILES string of the molecule is COc1cccc(CO/N=C\c2cc(Cl)c(OC)c(OC)c2)c1. The summed E-state index contributed by atoms with van der Waals surface area (Å²) in [6.07, 6.45) is 1.56. The Bertz CT molecular complexity index is 688. The van der Waals surface area contributed by atoms with E-state index in [1.807, 2.05) is 24.3 Å². The Balaban J connectivity index is 2.01. The van der Waals surface area contributed by atoms with Crippen molar-refractivity contribution in [3.05, 3.63) is 52.5 Å². The van der Waals surface area contributed by atoms with E-state index in [2.05, 4.69) is 5.16 Å². The van der Waals surface area contributed by atoms with Gasteiger partial charge in [0, 0.05) is 5.56 Å². The van der Waals surface area contributed by atoms with E-state index >= 15 is 0 Å². The minimum Gasteiger partial charge on any atom is -0.497 e. The first-order valence-corrected chi connectivity index (χ1v) is 7.25. The van der Waals surface area contributed by atoms with E-state index in [0.29, 0.717) is 23.1 Å². The molecular weight excluding hydrogens is 318 g/mol. The first kappa shape index (κ1) is 17.0. The molecule has 0 aliphatic heterocycles. The Kier molecular flexibility index (Phi) is 6.11. The van der Waals surface area contributed by atoms with Gasteiger partial charge in [0.05, 0.1) is 32.6 Å². The highest BCUT2D eigenvalue weighted by Gasteiger charge is 2.09. The number of hydrogen-bond acceptors (Lipinski definition) is 5. The third-order valence-electron chi connectivity index (χ3n) is 3.10. The summed E-state index contributed by atoms with van der Waals surface area (Å²) >= 11 is 6.13. The molecule has 5 nitrogen and oxygen atoms in total. The number of rotatable bonds is 7. The zero-order valence-electron chi connectivity index (χ0n) is 13.2. The summed E-state index contributed by atoms with van der Waals surface area (Å²) in [5.74, 6) is 1.81. The molecule has 23 heavy (non-hydrogen) atoms. The molecule has 122 valence electrons. The molecule has 2 rings (SSSR count). The van der Waals surface area contributed by atoms with Crippen LogP contribution in [0, 0.1) is 0 Å². The molecule has 0 bridgehead atoms. The van der Waals surface area contributed by atoms with E-state index in [1.54, 1.807) is 32.6 Å². The van der Waals surface area contributed by atoms with Gasteiger partial charge in [-0.05, 0) is 29.8 Å². The van der Waals surface area contributed by atoms with E-state index in [0.717, 1.165) is 16.9 Å². The van der Waals surface area contributed by atoms with Gasteiger partial charge in [-0.25, -0.2) is 0 Å². The van der Waals surface area contributed by atoms with Crippen LogP contribution in [0.25, 0.3) is 0 Å². The molecule has 0 radical (unpaired) electrons. The maximum Gasteiger partial charge on any atom is 0.179 e. The number of nitrogens with zero attached hydrogens (tertiary/aromatic N) is 1. The smallest absolute Gasteiger partial charge is 0.179 e. The number of oxime groups is 1. The lowest BCUT2D eigenvalue weighted by molar-refractivity contribution is 0.132. The van der Waals surface area contributed by atoms with Crippen LogP contribution in [-0.2, 0) is 11.4 Å². The molecule has 0 heterocycles. The van der Waals surface area contributed by atoms with Gasteiger partial charge in [-0.3, -0.25) is 0 Å². The van der Waals surface area contributed by atoms with Crippen molar-refractivity contribution in [1.29, 1.82) is 0 Å². The lowest BCUT2D eigenvalue weighted by atomic mass is 10.2. The molecule has 0 saturated heterocycles. The second-order valence-electron chi connectivity index (χ2n) is 4.60. The zero-order valence-corrected chi connectivity index (χ0v) is 14.0. The highest BCUT2D eigenvalue weighted by molar-refractivity contribution is 6.32. The van der Waals surface area contributed by atoms with Gasteiger partial charge >= 0.3 is 0 Å². The van der Waals surface area contributed by atoms with E-state index in [1.165, 1.54) is 7.11 Å². The topological polar surface area (TPSA) is 49.3 Å². The highest BCUT2D eigenvalue weighted by Crippen LogP contribution is 2.35. The van der Waals surface area contributed by atoms with Crippen molar-refractivity contribution >= 4 is 17.8 Å². The second-order valence-corrected chi connectivity index (χ2v) is 5.00. The van der Waals surface area contributed by atoms with Gasteiger partial charge in [0.2, 0.25) is 0 Å². The molecule has 0 unspecified atom stereocenters. The van der Waals surface area contributed by atoms with Crippen LogP contribution in [0.3, 0.4) is 0 Å². The summed E-state index contributed by atoms with van der Waals surface area (Å²) in [6, 6.07) is 11.1. The second kappa shape index (κ2) is 8.29. The average molecular weight is 336 g/mol. The van der Waals surface area contributed by atoms with Gasteiger partial charge in [0.15, 0.2) is 11.5 Å². The van der Waals surface area contributed by atoms with E-state index < -0.39 is 0 Å². The first-order chi connectivity index (χ1) is 11.2. The van der Waals surface area contributed by atoms with Crippen LogP contribution in [0.15, 0.2) is 41.6 Å². The molecule has 0 fully saturated rings. The molecule has 0 atom stereocenters. The zero-order chi connectivity index (χ0) is 16.7. The van der Waals surface area contributed by atoms with Crippen molar-refractivity contribution in [2.75, 3.05) is 21.3 Å². The summed E-state index contributed by atoms with van der Waals surface area (Å²) < 4.78 is 15.6. The van der Waals surface area contributed by atoms with Crippen LogP contribution >= 0.6 is 11.6 Å². The van der Waals surface area contributed by atoms with Crippen LogP contribution in [-0.4, -0.2) is 27.5 Å².